The molecule has 84 valence electrons. The maximum Gasteiger partial charge on any atom is 0.345 e. The molecule has 0 aromatic rings. The number of thioether (sulfide) groups is 1. The molecule has 1 aliphatic heterocycles. The first-order chi connectivity index (χ1) is 7.29. The summed E-state index contributed by atoms with van der Waals surface area (Å²) in [5.74, 6) is -0.104. The molecule has 2 aliphatic rings. The molecule has 0 spiro atoms. The lowest BCUT2D eigenvalue weighted by Crippen LogP contribution is -2.11. The first-order valence-corrected chi connectivity index (χ1v) is 7.85. The van der Waals surface area contributed by atoms with Crippen molar-refractivity contribution >= 4 is 40.3 Å². The van der Waals surface area contributed by atoms with E-state index in [1.807, 2.05) is 6.08 Å². The number of cyclic esters (lactones) is 1. The normalized spacial score (nSPS) is 27.7. The van der Waals surface area contributed by atoms with Crippen LogP contribution in [-0.4, -0.2) is 21.8 Å². The minimum atomic E-state index is -0.104. The molecule has 2 nitrogen and oxygen atoms in total. The average molecular weight is 338 g/mol. The third-order valence-corrected chi connectivity index (χ3v) is 5.02. The van der Waals surface area contributed by atoms with Crippen molar-refractivity contribution in [2.24, 2.45) is 0 Å². The number of ether oxygens (including phenoxy) is 1. The van der Waals surface area contributed by atoms with Gasteiger partial charge in [-0.2, -0.15) is 0 Å². The number of alkyl halides is 1. The summed E-state index contributed by atoms with van der Waals surface area (Å²) in [7, 11) is 0. The minimum Gasteiger partial charge on any atom is -0.453 e. The number of hydrogen-bond donors (Lipinski definition) is 0. The van der Waals surface area contributed by atoms with Gasteiger partial charge in [0, 0.05) is 9.68 Å². The number of carbonyl (C=O) groups excluding carboxylic acids is 1. The third-order valence-electron chi connectivity index (χ3n) is 2.79. The summed E-state index contributed by atoms with van der Waals surface area (Å²) >= 11 is 3.99. The summed E-state index contributed by atoms with van der Waals surface area (Å²) < 4.78 is 6.06. The summed E-state index contributed by atoms with van der Waals surface area (Å²) in [4.78, 5) is 12.4. The van der Waals surface area contributed by atoms with E-state index in [1.54, 1.807) is 11.8 Å². The summed E-state index contributed by atoms with van der Waals surface area (Å²) in [5, 5.41) is 0.644. The van der Waals surface area contributed by atoms with Crippen LogP contribution < -0.4 is 0 Å². The Hall–Kier alpha value is 0.290. The van der Waals surface area contributed by atoms with Crippen molar-refractivity contribution in [3.63, 3.8) is 0 Å². The lowest BCUT2D eigenvalue weighted by Gasteiger charge is -2.20. The molecule has 1 aliphatic carbocycles. The Morgan fingerprint density at radius 1 is 1.40 bits per heavy atom. The van der Waals surface area contributed by atoms with Crippen LogP contribution in [0.25, 0.3) is 0 Å². The quantitative estimate of drug-likeness (QED) is 0.449. The highest BCUT2D eigenvalue weighted by atomic mass is 127. The number of halogens is 1. The van der Waals surface area contributed by atoms with Crippen molar-refractivity contribution in [2.75, 3.05) is 4.43 Å². The fraction of sp³-hybridized carbons (Fsp3) is 0.727. The second-order valence-electron chi connectivity index (χ2n) is 4.01. The highest BCUT2D eigenvalue weighted by Gasteiger charge is 2.27. The number of esters is 1. The van der Waals surface area contributed by atoms with Crippen LogP contribution in [0.1, 0.15) is 32.1 Å². The van der Waals surface area contributed by atoms with E-state index in [4.69, 9.17) is 4.74 Å². The smallest absolute Gasteiger partial charge is 0.345 e. The van der Waals surface area contributed by atoms with Crippen molar-refractivity contribution in [3.05, 3.63) is 11.0 Å². The van der Waals surface area contributed by atoms with Crippen LogP contribution in [0, 0.1) is 0 Å². The zero-order valence-electron chi connectivity index (χ0n) is 8.58. The Morgan fingerprint density at radius 2 is 2.13 bits per heavy atom. The average Bonchev–Trinajstić information content (AvgIpc) is 2.61. The first-order valence-electron chi connectivity index (χ1n) is 5.45. The predicted molar refractivity (Wildman–Crippen MR) is 71.3 cm³/mol. The van der Waals surface area contributed by atoms with Crippen LogP contribution in [0.15, 0.2) is 11.0 Å². The first kappa shape index (κ1) is 11.8. The molecule has 2 rings (SSSR count). The van der Waals surface area contributed by atoms with Gasteiger partial charge in [-0.1, -0.05) is 41.9 Å². The second-order valence-corrected chi connectivity index (χ2v) is 6.23. The molecule has 0 radical (unpaired) electrons. The van der Waals surface area contributed by atoms with Crippen LogP contribution >= 0.6 is 34.4 Å². The highest BCUT2D eigenvalue weighted by Crippen LogP contribution is 2.36. The number of hydrogen-bond acceptors (Lipinski definition) is 3. The monoisotopic (exact) mass is 338 g/mol. The molecule has 1 heterocycles. The minimum absolute atomic E-state index is 0.0178. The van der Waals surface area contributed by atoms with Gasteiger partial charge in [-0.3, -0.25) is 0 Å². The van der Waals surface area contributed by atoms with E-state index < -0.39 is 0 Å². The number of carbonyl (C=O) groups is 1. The van der Waals surface area contributed by atoms with Crippen molar-refractivity contribution in [1.29, 1.82) is 0 Å². The zero-order chi connectivity index (χ0) is 10.7. The summed E-state index contributed by atoms with van der Waals surface area (Å²) in [6.45, 7) is 0. The number of rotatable bonds is 3. The second kappa shape index (κ2) is 5.57. The molecule has 0 aromatic heterocycles. The molecule has 1 fully saturated rings. The highest BCUT2D eigenvalue weighted by molar-refractivity contribution is 14.1. The topological polar surface area (TPSA) is 26.3 Å². The van der Waals surface area contributed by atoms with Crippen LogP contribution in [-0.2, 0) is 9.53 Å². The standard InChI is InChI=1S/C11H15IO2S/c12-7-8-6-10(11(13)14-8)15-9-4-2-1-3-5-9/h6,8-9H,1-5,7H2/t8-/m1/s1. The fourth-order valence-corrected chi connectivity index (χ4v) is 3.73. The molecule has 0 bridgehead atoms. The Bertz CT molecular complexity index is 272. The maximum atomic E-state index is 11.5. The van der Waals surface area contributed by atoms with Gasteiger partial charge in [0.1, 0.15) is 6.10 Å². The zero-order valence-corrected chi connectivity index (χ0v) is 11.6. The van der Waals surface area contributed by atoms with Crippen molar-refractivity contribution in [3.8, 4) is 0 Å². The molecule has 0 unspecified atom stereocenters. The van der Waals surface area contributed by atoms with Crippen molar-refractivity contribution in [1.82, 2.24) is 0 Å². The Balaban J connectivity index is 1.90. The van der Waals surface area contributed by atoms with Gasteiger partial charge in [-0.05, 0) is 18.9 Å². The molecule has 15 heavy (non-hydrogen) atoms. The Morgan fingerprint density at radius 3 is 2.73 bits per heavy atom. The maximum absolute atomic E-state index is 11.5. The van der Waals surface area contributed by atoms with Gasteiger partial charge in [0.25, 0.3) is 0 Å². The molecular formula is C11H15IO2S. The van der Waals surface area contributed by atoms with Gasteiger partial charge >= 0.3 is 5.97 Å². The molecule has 0 N–H and O–H groups in total. The van der Waals surface area contributed by atoms with E-state index in [0.29, 0.717) is 5.25 Å². The van der Waals surface area contributed by atoms with Gasteiger partial charge in [0.2, 0.25) is 0 Å². The van der Waals surface area contributed by atoms with E-state index in [1.165, 1.54) is 32.1 Å². The van der Waals surface area contributed by atoms with Crippen molar-refractivity contribution < 1.29 is 9.53 Å². The lowest BCUT2D eigenvalue weighted by molar-refractivity contribution is -0.138. The van der Waals surface area contributed by atoms with Gasteiger partial charge in [0.15, 0.2) is 0 Å². The van der Waals surface area contributed by atoms with Gasteiger partial charge in [-0.25, -0.2) is 4.79 Å². The summed E-state index contributed by atoms with van der Waals surface area (Å²) in [6, 6.07) is 0. The van der Waals surface area contributed by atoms with Crippen LogP contribution in [0.5, 0.6) is 0 Å². The SMILES string of the molecule is O=C1O[C@@H](CI)C=C1SC1CCCCC1. The van der Waals surface area contributed by atoms with Crippen LogP contribution in [0.3, 0.4) is 0 Å². The van der Waals surface area contributed by atoms with E-state index in [2.05, 4.69) is 22.6 Å². The van der Waals surface area contributed by atoms with E-state index in [0.717, 1.165) is 9.33 Å². The molecule has 0 aromatic carbocycles. The molecular weight excluding hydrogens is 323 g/mol. The molecule has 4 heteroatoms. The predicted octanol–water partition coefficient (Wildman–Crippen LogP) is 3.30. The van der Waals surface area contributed by atoms with Crippen molar-refractivity contribution in [2.45, 2.75) is 43.5 Å². The van der Waals surface area contributed by atoms with Gasteiger partial charge in [-0.15, -0.1) is 11.8 Å². The molecule has 0 amide bonds. The van der Waals surface area contributed by atoms with Crippen LogP contribution in [0.4, 0.5) is 0 Å². The van der Waals surface area contributed by atoms with E-state index in [9.17, 15) is 4.79 Å². The van der Waals surface area contributed by atoms with E-state index >= 15 is 0 Å². The van der Waals surface area contributed by atoms with E-state index in [-0.39, 0.29) is 12.1 Å². The van der Waals surface area contributed by atoms with Gasteiger partial charge in [0.05, 0.1) is 4.91 Å². The summed E-state index contributed by atoms with van der Waals surface area (Å²) in [6.07, 6.45) is 8.51. The Labute approximate surface area is 108 Å². The Kier molecular flexibility index (Phi) is 4.37. The molecule has 1 atom stereocenters. The summed E-state index contributed by atoms with van der Waals surface area (Å²) in [5.41, 5.74) is 0. The van der Waals surface area contributed by atoms with Crippen LogP contribution in [0.2, 0.25) is 0 Å². The fourth-order valence-electron chi connectivity index (χ4n) is 1.99. The lowest BCUT2D eigenvalue weighted by atomic mass is 10.0. The molecule has 0 saturated heterocycles. The third kappa shape index (κ3) is 3.12. The largest absolute Gasteiger partial charge is 0.453 e. The van der Waals surface area contributed by atoms with Gasteiger partial charge < -0.3 is 4.74 Å². The molecule has 1 saturated carbocycles.